The third-order valence-electron chi connectivity index (χ3n) is 5.18. The molecule has 3 amide bonds. The molecule has 2 N–H and O–H groups in total. The zero-order chi connectivity index (χ0) is 18.5. The summed E-state index contributed by atoms with van der Waals surface area (Å²) in [7, 11) is 0. The van der Waals surface area contributed by atoms with Gasteiger partial charge in [0.25, 0.3) is 5.91 Å². The smallest absolute Gasteiger partial charge is 0.276 e. The molecule has 3 rings (SSSR count). The van der Waals surface area contributed by atoms with Crippen LogP contribution in [0.25, 0.3) is 0 Å². The lowest BCUT2D eigenvalue weighted by Crippen LogP contribution is -2.51. The Balaban J connectivity index is 1.48. The maximum Gasteiger partial charge on any atom is 0.276 e. The number of carbonyl (C=O) groups is 3. The Morgan fingerprint density at radius 1 is 1.04 bits per heavy atom. The van der Waals surface area contributed by atoms with E-state index in [-0.39, 0.29) is 24.1 Å². The van der Waals surface area contributed by atoms with Crippen molar-refractivity contribution in [1.29, 1.82) is 0 Å². The van der Waals surface area contributed by atoms with Crippen LogP contribution in [-0.2, 0) is 16.1 Å². The van der Waals surface area contributed by atoms with Crippen molar-refractivity contribution in [2.24, 2.45) is 11.7 Å². The molecule has 0 spiro atoms. The Hall–Kier alpha value is -2.45. The average Bonchev–Trinajstić information content (AvgIpc) is 3.10. The topological polar surface area (TPSA) is 114 Å². The van der Waals surface area contributed by atoms with Crippen LogP contribution in [0.4, 0.5) is 0 Å². The van der Waals surface area contributed by atoms with E-state index in [1.165, 1.54) is 30.1 Å². The average molecular weight is 362 g/mol. The third kappa shape index (κ3) is 4.59. The van der Waals surface area contributed by atoms with Crippen LogP contribution in [0.15, 0.2) is 6.20 Å². The predicted octanol–water partition coefficient (Wildman–Crippen LogP) is 0.0182. The number of carbonyl (C=O) groups excluding carboxylic acids is 3. The standard InChI is InChI=1S/C17H26N6O3/c18-15(24)12-23-11-14(19-20-23)17(26)22-8-6-21(7-9-22)16(25)10-13-4-2-1-3-5-13/h11,13H,1-10,12H2,(H2,18,24). The quantitative estimate of drug-likeness (QED) is 0.793. The molecule has 0 atom stereocenters. The monoisotopic (exact) mass is 362 g/mol. The van der Waals surface area contributed by atoms with E-state index in [9.17, 15) is 14.4 Å². The normalized spacial score (nSPS) is 18.8. The Kier molecular flexibility index (Phi) is 5.85. The van der Waals surface area contributed by atoms with Gasteiger partial charge in [0.1, 0.15) is 6.54 Å². The summed E-state index contributed by atoms with van der Waals surface area (Å²) in [5, 5.41) is 7.54. The molecule has 1 saturated carbocycles. The number of nitrogens with zero attached hydrogens (tertiary/aromatic N) is 5. The summed E-state index contributed by atoms with van der Waals surface area (Å²) in [4.78, 5) is 39.4. The molecule has 9 nitrogen and oxygen atoms in total. The molecular formula is C17H26N6O3. The minimum Gasteiger partial charge on any atom is -0.368 e. The van der Waals surface area contributed by atoms with Crippen molar-refractivity contribution in [3.05, 3.63) is 11.9 Å². The molecule has 26 heavy (non-hydrogen) atoms. The Labute approximate surface area is 152 Å². The maximum atomic E-state index is 12.5. The van der Waals surface area contributed by atoms with Gasteiger partial charge in [-0.25, -0.2) is 4.68 Å². The molecule has 1 aromatic heterocycles. The van der Waals surface area contributed by atoms with Gasteiger partial charge < -0.3 is 15.5 Å². The van der Waals surface area contributed by atoms with Crippen molar-refractivity contribution in [2.45, 2.75) is 45.1 Å². The highest BCUT2D eigenvalue weighted by Crippen LogP contribution is 2.27. The fourth-order valence-electron chi connectivity index (χ4n) is 3.72. The molecule has 142 valence electrons. The summed E-state index contributed by atoms with van der Waals surface area (Å²) >= 11 is 0. The fraction of sp³-hybridized carbons (Fsp3) is 0.706. The summed E-state index contributed by atoms with van der Waals surface area (Å²) in [6, 6.07) is 0. The van der Waals surface area contributed by atoms with E-state index in [0.29, 0.717) is 38.5 Å². The Morgan fingerprint density at radius 2 is 1.69 bits per heavy atom. The lowest BCUT2D eigenvalue weighted by atomic mass is 9.86. The van der Waals surface area contributed by atoms with Gasteiger partial charge in [0.05, 0.1) is 6.20 Å². The number of rotatable bonds is 5. The SMILES string of the molecule is NC(=O)Cn1cc(C(=O)N2CCN(C(=O)CC3CCCCC3)CC2)nn1. The van der Waals surface area contributed by atoms with Gasteiger partial charge >= 0.3 is 0 Å². The summed E-state index contributed by atoms with van der Waals surface area (Å²) in [6.07, 6.45) is 8.13. The van der Waals surface area contributed by atoms with Crippen LogP contribution in [-0.4, -0.2) is 68.7 Å². The zero-order valence-corrected chi connectivity index (χ0v) is 15.0. The Bertz CT molecular complexity index is 659. The molecule has 0 radical (unpaired) electrons. The van der Waals surface area contributed by atoms with Gasteiger partial charge in [0.2, 0.25) is 11.8 Å². The predicted molar refractivity (Wildman–Crippen MR) is 92.9 cm³/mol. The van der Waals surface area contributed by atoms with Gasteiger partial charge in [-0.1, -0.05) is 24.5 Å². The highest BCUT2D eigenvalue weighted by Gasteiger charge is 2.27. The maximum absolute atomic E-state index is 12.5. The number of amides is 3. The van der Waals surface area contributed by atoms with Gasteiger partial charge in [0, 0.05) is 32.6 Å². The Morgan fingerprint density at radius 3 is 2.35 bits per heavy atom. The van der Waals surface area contributed by atoms with Crippen molar-refractivity contribution < 1.29 is 14.4 Å². The molecule has 1 aromatic rings. The van der Waals surface area contributed by atoms with E-state index in [4.69, 9.17) is 5.73 Å². The van der Waals surface area contributed by atoms with Gasteiger partial charge in [-0.05, 0) is 18.8 Å². The van der Waals surface area contributed by atoms with E-state index in [1.807, 2.05) is 4.90 Å². The zero-order valence-electron chi connectivity index (χ0n) is 15.0. The molecule has 2 heterocycles. The first kappa shape index (κ1) is 18.3. The summed E-state index contributed by atoms with van der Waals surface area (Å²) in [6.45, 7) is 1.96. The van der Waals surface area contributed by atoms with E-state index in [0.717, 1.165) is 12.8 Å². The molecule has 9 heteroatoms. The molecule has 0 unspecified atom stereocenters. The van der Waals surface area contributed by atoms with Crippen molar-refractivity contribution >= 4 is 17.7 Å². The number of hydrogen-bond donors (Lipinski definition) is 1. The molecule has 2 fully saturated rings. The van der Waals surface area contributed by atoms with Crippen LogP contribution in [0.3, 0.4) is 0 Å². The van der Waals surface area contributed by atoms with Crippen molar-refractivity contribution in [3.8, 4) is 0 Å². The molecule has 0 bridgehead atoms. The van der Waals surface area contributed by atoms with Crippen LogP contribution in [0.1, 0.15) is 49.0 Å². The molecule has 1 aliphatic carbocycles. The first-order valence-corrected chi connectivity index (χ1v) is 9.28. The first-order chi connectivity index (χ1) is 12.5. The van der Waals surface area contributed by atoms with Crippen LogP contribution in [0, 0.1) is 5.92 Å². The van der Waals surface area contributed by atoms with E-state index < -0.39 is 5.91 Å². The van der Waals surface area contributed by atoms with Crippen LogP contribution < -0.4 is 5.73 Å². The van der Waals surface area contributed by atoms with E-state index >= 15 is 0 Å². The molecule has 1 aliphatic heterocycles. The summed E-state index contributed by atoms with van der Waals surface area (Å²) in [5.41, 5.74) is 5.29. The van der Waals surface area contributed by atoms with Gasteiger partial charge in [-0.15, -0.1) is 5.10 Å². The summed E-state index contributed by atoms with van der Waals surface area (Å²) < 4.78 is 1.25. The highest BCUT2D eigenvalue weighted by molar-refractivity contribution is 5.92. The fourth-order valence-corrected chi connectivity index (χ4v) is 3.72. The molecule has 1 saturated heterocycles. The number of hydrogen-bond acceptors (Lipinski definition) is 5. The minimum atomic E-state index is -0.543. The van der Waals surface area contributed by atoms with Gasteiger partial charge in [-0.3, -0.25) is 14.4 Å². The highest BCUT2D eigenvalue weighted by atomic mass is 16.2. The number of nitrogens with two attached hydrogens (primary N) is 1. The van der Waals surface area contributed by atoms with Gasteiger partial charge in [-0.2, -0.15) is 0 Å². The number of primary amides is 1. The lowest BCUT2D eigenvalue weighted by Gasteiger charge is -2.35. The van der Waals surface area contributed by atoms with Crippen molar-refractivity contribution in [3.63, 3.8) is 0 Å². The minimum absolute atomic E-state index is 0.107. The largest absolute Gasteiger partial charge is 0.368 e. The van der Waals surface area contributed by atoms with Crippen molar-refractivity contribution in [1.82, 2.24) is 24.8 Å². The van der Waals surface area contributed by atoms with Crippen LogP contribution in [0.2, 0.25) is 0 Å². The summed E-state index contributed by atoms with van der Waals surface area (Å²) in [5.74, 6) is -0.0494. The molecular weight excluding hydrogens is 336 g/mol. The first-order valence-electron chi connectivity index (χ1n) is 9.28. The second-order valence-electron chi connectivity index (χ2n) is 7.15. The van der Waals surface area contributed by atoms with E-state index in [2.05, 4.69) is 10.3 Å². The molecule has 0 aromatic carbocycles. The van der Waals surface area contributed by atoms with E-state index in [1.54, 1.807) is 4.90 Å². The number of aromatic nitrogens is 3. The van der Waals surface area contributed by atoms with Crippen LogP contribution in [0.5, 0.6) is 0 Å². The second kappa shape index (κ2) is 8.29. The third-order valence-corrected chi connectivity index (χ3v) is 5.18. The molecule has 2 aliphatic rings. The lowest BCUT2D eigenvalue weighted by molar-refractivity contribution is -0.134. The van der Waals surface area contributed by atoms with Crippen molar-refractivity contribution in [2.75, 3.05) is 26.2 Å². The van der Waals surface area contributed by atoms with Gasteiger partial charge in [0.15, 0.2) is 5.69 Å². The van der Waals surface area contributed by atoms with Crippen LogP contribution >= 0.6 is 0 Å². The number of piperazine rings is 1. The second-order valence-corrected chi connectivity index (χ2v) is 7.15.